The van der Waals surface area contributed by atoms with Gasteiger partial charge in [0.2, 0.25) is 15.9 Å². The summed E-state index contributed by atoms with van der Waals surface area (Å²) in [5, 5.41) is 2.69. The molecule has 1 aliphatic heterocycles. The second-order valence-corrected chi connectivity index (χ2v) is 9.50. The van der Waals surface area contributed by atoms with Gasteiger partial charge < -0.3 is 5.32 Å². The topological polar surface area (TPSA) is 69.7 Å². The molecule has 3 rings (SSSR count). The maximum Gasteiger partial charge on any atom is 0.416 e. The van der Waals surface area contributed by atoms with Crippen LogP contribution in [0.15, 0.2) is 47.4 Å². The maximum absolute atomic E-state index is 13.6. The van der Waals surface area contributed by atoms with Crippen molar-refractivity contribution < 1.29 is 30.8 Å². The third-order valence-electron chi connectivity index (χ3n) is 5.22. The monoisotopic (exact) mass is 473 g/mol. The number of hydrogen-bond acceptors (Lipinski definition) is 4. The van der Waals surface area contributed by atoms with E-state index in [9.17, 15) is 30.8 Å². The number of hydrogen-bond donors (Lipinski definition) is 1. The molecule has 1 fully saturated rings. The number of rotatable bonds is 6. The fourth-order valence-electron chi connectivity index (χ4n) is 3.32. The van der Waals surface area contributed by atoms with Crippen molar-refractivity contribution in [2.75, 3.05) is 32.7 Å². The van der Waals surface area contributed by atoms with Crippen LogP contribution in [0.2, 0.25) is 0 Å². The van der Waals surface area contributed by atoms with Crippen LogP contribution in [0.1, 0.15) is 16.7 Å². The lowest BCUT2D eigenvalue weighted by molar-refractivity contribution is -0.137. The van der Waals surface area contributed by atoms with Gasteiger partial charge in [-0.05, 0) is 42.3 Å². The van der Waals surface area contributed by atoms with E-state index < -0.39 is 26.7 Å². The maximum atomic E-state index is 13.6. The van der Waals surface area contributed by atoms with Gasteiger partial charge in [-0.15, -0.1) is 0 Å². The fraction of sp³-hybridized carbons (Fsp3) is 0.381. The quantitative estimate of drug-likeness (QED) is 0.656. The lowest BCUT2D eigenvalue weighted by atomic mass is 10.1. The number of carbonyl (C=O) groups is 1. The summed E-state index contributed by atoms with van der Waals surface area (Å²) in [6.07, 6.45) is -4.64. The van der Waals surface area contributed by atoms with Gasteiger partial charge in [0.05, 0.1) is 17.0 Å². The summed E-state index contributed by atoms with van der Waals surface area (Å²) in [5.41, 5.74) is 0.110. The molecule has 6 nitrogen and oxygen atoms in total. The van der Waals surface area contributed by atoms with E-state index in [1.54, 1.807) is 24.0 Å². The molecule has 0 bridgehead atoms. The second kappa shape index (κ2) is 9.55. The lowest BCUT2D eigenvalue weighted by Gasteiger charge is -2.33. The third kappa shape index (κ3) is 5.84. The molecule has 2 aromatic carbocycles. The molecule has 174 valence electrons. The van der Waals surface area contributed by atoms with E-state index in [1.165, 1.54) is 6.07 Å². The SMILES string of the molecule is Cc1ccc(CNC(=O)CN2CCN(S(=O)(=O)c3cccc(C(F)(F)F)c3)CC2)cc1F. The lowest BCUT2D eigenvalue weighted by Crippen LogP contribution is -2.51. The zero-order chi connectivity index (χ0) is 23.5. The molecule has 0 radical (unpaired) electrons. The van der Waals surface area contributed by atoms with E-state index in [0.717, 1.165) is 22.5 Å². The number of nitrogens with zero attached hydrogens (tertiary/aromatic N) is 2. The first-order valence-electron chi connectivity index (χ1n) is 9.88. The van der Waals surface area contributed by atoms with E-state index in [-0.39, 0.29) is 51.0 Å². The molecular formula is C21H23F4N3O3S. The molecule has 0 saturated carbocycles. The first-order chi connectivity index (χ1) is 15.0. The number of carbonyl (C=O) groups excluding carboxylic acids is 1. The predicted octanol–water partition coefficient (Wildman–Crippen LogP) is 2.78. The second-order valence-electron chi connectivity index (χ2n) is 7.57. The largest absolute Gasteiger partial charge is 0.416 e. The van der Waals surface area contributed by atoms with E-state index in [0.29, 0.717) is 17.2 Å². The van der Waals surface area contributed by atoms with Crippen LogP contribution in [-0.2, 0) is 27.5 Å². The van der Waals surface area contributed by atoms with Gasteiger partial charge in [-0.1, -0.05) is 18.2 Å². The van der Waals surface area contributed by atoms with Gasteiger partial charge in [-0.3, -0.25) is 9.69 Å². The van der Waals surface area contributed by atoms with Gasteiger partial charge in [0, 0.05) is 32.7 Å². The Morgan fingerprint density at radius 1 is 1.06 bits per heavy atom. The van der Waals surface area contributed by atoms with Gasteiger partial charge in [-0.25, -0.2) is 12.8 Å². The molecule has 11 heteroatoms. The molecule has 1 N–H and O–H groups in total. The van der Waals surface area contributed by atoms with Gasteiger partial charge in [-0.2, -0.15) is 17.5 Å². The molecule has 0 aromatic heterocycles. The molecule has 0 unspecified atom stereocenters. The number of halogens is 4. The van der Waals surface area contributed by atoms with Gasteiger partial charge in [0.1, 0.15) is 5.82 Å². The Bertz CT molecular complexity index is 1080. The highest BCUT2D eigenvalue weighted by atomic mass is 32.2. The molecule has 0 aliphatic carbocycles. The molecule has 0 atom stereocenters. The molecule has 2 aromatic rings. The summed E-state index contributed by atoms with van der Waals surface area (Å²) in [5.74, 6) is -0.644. The van der Waals surface area contributed by atoms with Crippen molar-refractivity contribution >= 4 is 15.9 Å². The smallest absolute Gasteiger partial charge is 0.351 e. The van der Waals surface area contributed by atoms with Crippen molar-refractivity contribution in [3.05, 3.63) is 65.0 Å². The third-order valence-corrected chi connectivity index (χ3v) is 7.12. The zero-order valence-corrected chi connectivity index (χ0v) is 18.1. The van der Waals surface area contributed by atoms with Crippen LogP contribution in [0.25, 0.3) is 0 Å². The van der Waals surface area contributed by atoms with Crippen molar-refractivity contribution in [3.63, 3.8) is 0 Å². The van der Waals surface area contributed by atoms with Crippen LogP contribution < -0.4 is 5.32 Å². The van der Waals surface area contributed by atoms with E-state index >= 15 is 0 Å². The van der Waals surface area contributed by atoms with E-state index in [4.69, 9.17) is 0 Å². The van der Waals surface area contributed by atoms with Crippen LogP contribution in [0.3, 0.4) is 0 Å². The van der Waals surface area contributed by atoms with Crippen molar-refractivity contribution in [1.29, 1.82) is 0 Å². The molecular weight excluding hydrogens is 450 g/mol. The Morgan fingerprint density at radius 2 is 1.75 bits per heavy atom. The van der Waals surface area contributed by atoms with Crippen LogP contribution in [0, 0.1) is 12.7 Å². The predicted molar refractivity (Wildman–Crippen MR) is 110 cm³/mol. The van der Waals surface area contributed by atoms with Gasteiger partial charge >= 0.3 is 6.18 Å². The number of alkyl halides is 3. The molecule has 32 heavy (non-hydrogen) atoms. The van der Waals surface area contributed by atoms with Crippen molar-refractivity contribution in [2.24, 2.45) is 0 Å². The van der Waals surface area contributed by atoms with Crippen molar-refractivity contribution in [1.82, 2.24) is 14.5 Å². The number of sulfonamides is 1. The zero-order valence-electron chi connectivity index (χ0n) is 17.3. The molecule has 1 saturated heterocycles. The Labute approximate surface area is 183 Å². The summed E-state index contributed by atoms with van der Waals surface area (Å²) in [7, 11) is -4.08. The summed E-state index contributed by atoms with van der Waals surface area (Å²) in [6.45, 7) is 2.45. The highest BCUT2D eigenvalue weighted by Gasteiger charge is 2.34. The van der Waals surface area contributed by atoms with Gasteiger partial charge in [0.25, 0.3) is 0 Å². The first-order valence-corrected chi connectivity index (χ1v) is 11.3. The highest BCUT2D eigenvalue weighted by molar-refractivity contribution is 7.89. The summed E-state index contributed by atoms with van der Waals surface area (Å²) >= 11 is 0. The van der Waals surface area contributed by atoms with Crippen molar-refractivity contribution in [2.45, 2.75) is 24.5 Å². The fourth-order valence-corrected chi connectivity index (χ4v) is 4.78. The van der Waals surface area contributed by atoms with Crippen LogP contribution in [0.4, 0.5) is 17.6 Å². The number of aryl methyl sites for hydroxylation is 1. The standard InChI is InChI=1S/C21H23F4N3O3S/c1-15-5-6-16(11-19(15)22)13-26-20(29)14-27-7-9-28(10-8-27)32(30,31)18-4-2-3-17(12-18)21(23,24)25/h2-6,11-12H,7-10,13-14H2,1H3,(H,26,29). The molecule has 0 spiro atoms. The summed E-state index contributed by atoms with van der Waals surface area (Å²) in [6, 6.07) is 8.35. The highest BCUT2D eigenvalue weighted by Crippen LogP contribution is 2.31. The first kappa shape index (κ1) is 24.1. The molecule has 1 amide bonds. The normalized spacial score (nSPS) is 16.2. The number of benzene rings is 2. The average molecular weight is 473 g/mol. The summed E-state index contributed by atoms with van der Waals surface area (Å²) < 4.78 is 78.9. The Kier molecular flexibility index (Phi) is 7.21. The van der Waals surface area contributed by atoms with Crippen LogP contribution >= 0.6 is 0 Å². The average Bonchev–Trinajstić information content (AvgIpc) is 2.74. The molecule has 1 heterocycles. The minimum atomic E-state index is -4.64. The Balaban J connectivity index is 1.53. The Hall–Kier alpha value is -2.50. The number of amides is 1. The Morgan fingerprint density at radius 3 is 2.38 bits per heavy atom. The minimum absolute atomic E-state index is 0.0335. The van der Waals surface area contributed by atoms with Crippen LogP contribution in [-0.4, -0.2) is 56.3 Å². The van der Waals surface area contributed by atoms with Crippen molar-refractivity contribution in [3.8, 4) is 0 Å². The van der Waals surface area contributed by atoms with Crippen LogP contribution in [0.5, 0.6) is 0 Å². The number of nitrogens with one attached hydrogen (secondary N) is 1. The minimum Gasteiger partial charge on any atom is -0.351 e. The van der Waals surface area contributed by atoms with E-state index in [2.05, 4.69) is 5.32 Å². The summed E-state index contributed by atoms with van der Waals surface area (Å²) in [4.78, 5) is 13.5. The van der Waals surface area contributed by atoms with Gasteiger partial charge in [0.15, 0.2) is 0 Å². The van der Waals surface area contributed by atoms with E-state index in [1.807, 2.05) is 0 Å². The molecule has 1 aliphatic rings. The number of piperazine rings is 1.